The Morgan fingerprint density at radius 3 is 2.42 bits per heavy atom. The number of rotatable bonds is 5. The number of hydrogen-bond acceptors (Lipinski definition) is 2. The van der Waals surface area contributed by atoms with E-state index in [-0.39, 0.29) is 17.7 Å². The lowest BCUT2D eigenvalue weighted by atomic mass is 10.0. The highest BCUT2D eigenvalue weighted by Gasteiger charge is 2.25. The number of hydrogen-bond donors (Lipinski definition) is 2. The Labute approximate surface area is 154 Å². The third-order valence-corrected chi connectivity index (χ3v) is 4.37. The quantitative estimate of drug-likeness (QED) is 0.764. The lowest BCUT2D eigenvalue weighted by molar-refractivity contribution is -0.118. The maximum absolute atomic E-state index is 12.5. The molecule has 24 heavy (non-hydrogen) atoms. The van der Waals surface area contributed by atoms with Gasteiger partial charge >= 0.3 is 0 Å². The summed E-state index contributed by atoms with van der Waals surface area (Å²) in [5, 5.41) is 6.11. The van der Waals surface area contributed by atoms with E-state index in [9.17, 15) is 9.59 Å². The van der Waals surface area contributed by atoms with E-state index in [2.05, 4.69) is 26.6 Å². The molecule has 6 heteroatoms. The number of nitrogens with one attached hydrogen (secondary N) is 2. The van der Waals surface area contributed by atoms with Crippen LogP contribution in [0.2, 0.25) is 5.02 Å². The van der Waals surface area contributed by atoms with Gasteiger partial charge in [0.05, 0.1) is 5.56 Å². The highest BCUT2D eigenvalue weighted by Crippen LogP contribution is 2.18. The van der Waals surface area contributed by atoms with Gasteiger partial charge in [-0.05, 0) is 52.2 Å². The highest BCUT2D eigenvalue weighted by molar-refractivity contribution is 9.10. The largest absolute Gasteiger partial charge is 0.340 e. The Morgan fingerprint density at radius 1 is 1.08 bits per heavy atom. The fraction of sp³-hybridized carbons (Fsp3) is 0.222. The first-order valence-electron chi connectivity index (χ1n) is 7.50. The van der Waals surface area contributed by atoms with Crippen LogP contribution in [0.5, 0.6) is 0 Å². The Hall–Kier alpha value is -1.85. The normalized spacial score (nSPS) is 11.9. The average molecular weight is 410 g/mol. The fourth-order valence-corrected chi connectivity index (χ4v) is 2.84. The van der Waals surface area contributed by atoms with Gasteiger partial charge in [0.25, 0.3) is 5.91 Å². The summed E-state index contributed by atoms with van der Waals surface area (Å²) in [6.45, 7) is 3.76. The van der Waals surface area contributed by atoms with Gasteiger partial charge in [-0.15, -0.1) is 0 Å². The van der Waals surface area contributed by atoms with Crippen LogP contribution in [0.1, 0.15) is 24.2 Å². The van der Waals surface area contributed by atoms with Gasteiger partial charge in [-0.2, -0.15) is 0 Å². The topological polar surface area (TPSA) is 58.2 Å². The number of anilines is 1. The SMILES string of the molecule is CC(C)C(NC(=O)c1ccccc1Br)C(=O)Nc1cccc(Cl)c1. The molecule has 0 fully saturated rings. The van der Waals surface area contributed by atoms with Crippen LogP contribution in [0, 0.1) is 5.92 Å². The molecule has 2 aromatic rings. The second kappa shape index (κ2) is 8.31. The Kier molecular flexibility index (Phi) is 6.40. The van der Waals surface area contributed by atoms with E-state index in [0.717, 1.165) is 0 Å². The molecular weight excluding hydrogens is 392 g/mol. The lowest BCUT2D eigenvalue weighted by Crippen LogP contribution is -2.47. The summed E-state index contributed by atoms with van der Waals surface area (Å²) >= 11 is 9.27. The Bertz CT molecular complexity index is 749. The molecule has 0 spiro atoms. The van der Waals surface area contributed by atoms with Gasteiger partial charge in [0, 0.05) is 15.2 Å². The number of carbonyl (C=O) groups is 2. The predicted molar refractivity (Wildman–Crippen MR) is 100 cm³/mol. The minimum Gasteiger partial charge on any atom is -0.340 e. The summed E-state index contributed by atoms with van der Waals surface area (Å²) in [7, 11) is 0. The predicted octanol–water partition coefficient (Wildman–Crippen LogP) is 4.50. The number of benzene rings is 2. The van der Waals surface area contributed by atoms with Crippen LogP contribution in [0.4, 0.5) is 5.69 Å². The molecule has 0 saturated heterocycles. The Morgan fingerprint density at radius 2 is 1.79 bits per heavy atom. The third-order valence-electron chi connectivity index (χ3n) is 3.45. The molecule has 2 amide bonds. The first-order valence-corrected chi connectivity index (χ1v) is 8.67. The van der Waals surface area contributed by atoms with Crippen molar-refractivity contribution >= 4 is 45.0 Å². The van der Waals surface area contributed by atoms with Crippen molar-refractivity contribution in [2.24, 2.45) is 5.92 Å². The molecule has 0 radical (unpaired) electrons. The molecule has 0 heterocycles. The van der Waals surface area contributed by atoms with Crippen molar-refractivity contribution in [2.75, 3.05) is 5.32 Å². The van der Waals surface area contributed by atoms with Gasteiger partial charge in [0.2, 0.25) is 5.91 Å². The molecule has 2 rings (SSSR count). The van der Waals surface area contributed by atoms with Crippen LogP contribution in [0.15, 0.2) is 53.0 Å². The first kappa shape index (κ1) is 18.5. The first-order chi connectivity index (χ1) is 11.4. The van der Waals surface area contributed by atoms with E-state index >= 15 is 0 Å². The van der Waals surface area contributed by atoms with Crippen LogP contribution in [0.3, 0.4) is 0 Å². The number of amides is 2. The smallest absolute Gasteiger partial charge is 0.253 e. The summed E-state index contributed by atoms with van der Waals surface area (Å²) in [4.78, 5) is 25.0. The molecule has 1 unspecified atom stereocenters. The minimum absolute atomic E-state index is 0.0735. The van der Waals surface area contributed by atoms with Crippen LogP contribution in [-0.2, 0) is 4.79 Å². The third kappa shape index (κ3) is 4.82. The molecule has 0 aromatic heterocycles. The van der Waals surface area contributed by atoms with Gasteiger partial charge in [0.1, 0.15) is 6.04 Å². The standard InChI is InChI=1S/C18H18BrClN2O2/c1-11(2)16(18(24)21-13-7-5-6-12(20)10-13)22-17(23)14-8-3-4-9-15(14)19/h3-11,16H,1-2H3,(H,21,24)(H,22,23). The van der Waals surface area contributed by atoms with Gasteiger partial charge in [-0.1, -0.05) is 43.6 Å². The summed E-state index contributed by atoms with van der Waals surface area (Å²) in [6, 6.07) is 13.3. The Balaban J connectivity index is 2.13. The van der Waals surface area contributed by atoms with E-state index in [0.29, 0.717) is 20.7 Å². The molecule has 126 valence electrons. The molecule has 0 aliphatic rings. The van der Waals surface area contributed by atoms with E-state index in [1.54, 1.807) is 42.5 Å². The summed E-state index contributed by atoms with van der Waals surface area (Å²) in [5.74, 6) is -0.661. The van der Waals surface area contributed by atoms with Crippen molar-refractivity contribution in [1.82, 2.24) is 5.32 Å². The van der Waals surface area contributed by atoms with Crippen molar-refractivity contribution in [3.8, 4) is 0 Å². The van der Waals surface area contributed by atoms with E-state index in [1.807, 2.05) is 19.9 Å². The molecule has 0 aliphatic carbocycles. The summed E-state index contributed by atoms with van der Waals surface area (Å²) in [6.07, 6.45) is 0. The monoisotopic (exact) mass is 408 g/mol. The molecule has 0 saturated carbocycles. The zero-order chi connectivity index (χ0) is 17.7. The molecule has 1 atom stereocenters. The second-order valence-corrected chi connectivity index (χ2v) is 6.97. The summed E-state index contributed by atoms with van der Waals surface area (Å²) < 4.78 is 0.681. The van der Waals surface area contributed by atoms with Crippen LogP contribution < -0.4 is 10.6 Å². The van der Waals surface area contributed by atoms with E-state index < -0.39 is 6.04 Å². The fourth-order valence-electron chi connectivity index (χ4n) is 2.19. The van der Waals surface area contributed by atoms with Gasteiger partial charge in [-0.25, -0.2) is 0 Å². The molecule has 2 N–H and O–H groups in total. The molecule has 4 nitrogen and oxygen atoms in total. The van der Waals surface area contributed by atoms with Crippen molar-refractivity contribution in [1.29, 1.82) is 0 Å². The van der Waals surface area contributed by atoms with Crippen LogP contribution in [0.25, 0.3) is 0 Å². The summed E-state index contributed by atoms with van der Waals surface area (Å²) in [5.41, 5.74) is 1.08. The van der Waals surface area contributed by atoms with Gasteiger partial charge < -0.3 is 10.6 Å². The highest BCUT2D eigenvalue weighted by atomic mass is 79.9. The minimum atomic E-state index is -0.663. The molecule has 0 aliphatic heterocycles. The average Bonchev–Trinajstić information content (AvgIpc) is 2.52. The zero-order valence-electron chi connectivity index (χ0n) is 13.3. The molecule has 2 aromatic carbocycles. The number of carbonyl (C=O) groups excluding carboxylic acids is 2. The van der Waals surface area contributed by atoms with Crippen LogP contribution >= 0.6 is 27.5 Å². The zero-order valence-corrected chi connectivity index (χ0v) is 15.7. The van der Waals surface area contributed by atoms with Crippen molar-refractivity contribution < 1.29 is 9.59 Å². The van der Waals surface area contributed by atoms with E-state index in [4.69, 9.17) is 11.6 Å². The van der Waals surface area contributed by atoms with E-state index in [1.165, 1.54) is 0 Å². The second-order valence-electron chi connectivity index (χ2n) is 5.67. The van der Waals surface area contributed by atoms with Gasteiger partial charge in [-0.3, -0.25) is 9.59 Å². The van der Waals surface area contributed by atoms with Crippen molar-refractivity contribution in [3.05, 3.63) is 63.6 Å². The molecule has 0 bridgehead atoms. The maximum atomic E-state index is 12.5. The van der Waals surface area contributed by atoms with Crippen molar-refractivity contribution in [3.63, 3.8) is 0 Å². The number of halogens is 2. The maximum Gasteiger partial charge on any atom is 0.253 e. The lowest BCUT2D eigenvalue weighted by Gasteiger charge is -2.22. The molecular formula is C18H18BrClN2O2. The van der Waals surface area contributed by atoms with Crippen LogP contribution in [-0.4, -0.2) is 17.9 Å². The van der Waals surface area contributed by atoms with Gasteiger partial charge in [0.15, 0.2) is 0 Å². The van der Waals surface area contributed by atoms with Crippen molar-refractivity contribution in [2.45, 2.75) is 19.9 Å².